The fourth-order valence-corrected chi connectivity index (χ4v) is 4.17. The smallest absolute Gasteiger partial charge is 0.127 e. The summed E-state index contributed by atoms with van der Waals surface area (Å²) in [7, 11) is 0. The minimum absolute atomic E-state index is 0.193. The van der Waals surface area contributed by atoms with Gasteiger partial charge in [-0.25, -0.2) is 0 Å². The van der Waals surface area contributed by atoms with E-state index in [9.17, 15) is 5.11 Å². The molecule has 2 atom stereocenters. The van der Waals surface area contributed by atoms with Crippen LogP contribution in [-0.2, 0) is 6.42 Å². The lowest BCUT2D eigenvalue weighted by Crippen LogP contribution is -2.45. The van der Waals surface area contributed by atoms with Crippen LogP contribution in [0.4, 0.5) is 0 Å². The van der Waals surface area contributed by atoms with E-state index in [2.05, 4.69) is 39.5 Å². The number of ether oxygens (including phenoxy) is 1. The molecule has 1 N–H and O–H groups in total. The van der Waals surface area contributed by atoms with Crippen molar-refractivity contribution in [3.05, 3.63) is 47.6 Å². The number of hydrogen-bond donors (Lipinski definition) is 1. The summed E-state index contributed by atoms with van der Waals surface area (Å²) in [5.74, 6) is 1.96. The summed E-state index contributed by atoms with van der Waals surface area (Å²) >= 11 is 0. The van der Waals surface area contributed by atoms with Gasteiger partial charge >= 0.3 is 0 Å². The molecule has 2 nitrogen and oxygen atoms in total. The zero-order chi connectivity index (χ0) is 16.6. The fourth-order valence-electron chi connectivity index (χ4n) is 4.17. The molecule has 0 unspecified atom stereocenters. The molecule has 0 aromatic heterocycles. The predicted octanol–water partition coefficient (Wildman–Crippen LogP) is 5.51. The molecule has 23 heavy (non-hydrogen) atoms. The number of allylic oxidation sites excluding steroid dienone is 3. The predicted molar refractivity (Wildman–Crippen MR) is 95.2 cm³/mol. The number of phenols is 1. The van der Waals surface area contributed by atoms with Gasteiger partial charge in [-0.2, -0.15) is 0 Å². The van der Waals surface area contributed by atoms with Gasteiger partial charge in [0.25, 0.3) is 0 Å². The molecule has 1 aromatic carbocycles. The Labute approximate surface area is 139 Å². The maximum absolute atomic E-state index is 10.7. The van der Waals surface area contributed by atoms with Gasteiger partial charge in [0.15, 0.2) is 0 Å². The van der Waals surface area contributed by atoms with Crippen LogP contribution in [0.25, 0.3) is 0 Å². The van der Waals surface area contributed by atoms with E-state index in [0.717, 1.165) is 49.0 Å². The van der Waals surface area contributed by atoms with Crippen molar-refractivity contribution < 1.29 is 9.84 Å². The van der Waals surface area contributed by atoms with Crippen LogP contribution >= 0.6 is 0 Å². The average molecular weight is 312 g/mol. The fraction of sp³-hybridized carbons (Fsp3) is 0.524. The molecule has 0 spiro atoms. The Hall–Kier alpha value is -1.70. The van der Waals surface area contributed by atoms with Crippen LogP contribution in [0, 0.1) is 5.92 Å². The topological polar surface area (TPSA) is 29.5 Å². The maximum Gasteiger partial charge on any atom is 0.127 e. The molecule has 0 saturated carbocycles. The Balaban J connectivity index is 2.00. The average Bonchev–Trinajstić information content (AvgIpc) is 2.46. The molecule has 0 saturated heterocycles. The van der Waals surface area contributed by atoms with Gasteiger partial charge in [0.05, 0.1) is 0 Å². The highest BCUT2D eigenvalue weighted by molar-refractivity contribution is 5.54. The van der Waals surface area contributed by atoms with E-state index in [4.69, 9.17) is 4.74 Å². The Morgan fingerprint density at radius 3 is 2.91 bits per heavy atom. The van der Waals surface area contributed by atoms with Crippen molar-refractivity contribution in [1.29, 1.82) is 0 Å². The number of fused-ring (bicyclic) bond motifs is 3. The van der Waals surface area contributed by atoms with Crippen molar-refractivity contribution in [3.8, 4) is 11.5 Å². The first-order valence-corrected chi connectivity index (χ1v) is 8.75. The third kappa shape index (κ3) is 3.04. The highest BCUT2D eigenvalue weighted by Gasteiger charge is 2.45. The van der Waals surface area contributed by atoms with Crippen LogP contribution in [0.5, 0.6) is 11.5 Å². The van der Waals surface area contributed by atoms with Crippen molar-refractivity contribution in [3.63, 3.8) is 0 Å². The highest BCUT2D eigenvalue weighted by Crippen LogP contribution is 2.53. The van der Waals surface area contributed by atoms with Crippen LogP contribution in [0.2, 0.25) is 0 Å². The molecular formula is C21H28O2. The molecule has 2 aliphatic rings. The molecular weight excluding hydrogens is 284 g/mol. The summed E-state index contributed by atoms with van der Waals surface area (Å²) in [5, 5.41) is 10.7. The molecule has 2 heteroatoms. The normalized spacial score (nSPS) is 24.9. The third-order valence-corrected chi connectivity index (χ3v) is 5.40. The van der Waals surface area contributed by atoms with E-state index in [1.54, 1.807) is 0 Å². The van der Waals surface area contributed by atoms with Crippen molar-refractivity contribution in [2.75, 3.05) is 0 Å². The molecule has 1 aliphatic carbocycles. The molecule has 0 bridgehead atoms. The Morgan fingerprint density at radius 1 is 1.39 bits per heavy atom. The molecule has 1 aromatic rings. The maximum atomic E-state index is 10.7. The van der Waals surface area contributed by atoms with Crippen molar-refractivity contribution in [2.45, 2.75) is 64.4 Å². The van der Waals surface area contributed by atoms with E-state index in [1.165, 1.54) is 5.57 Å². The number of hydrogen-bond acceptors (Lipinski definition) is 2. The van der Waals surface area contributed by atoms with E-state index in [1.807, 2.05) is 12.1 Å². The Bertz CT molecular complexity index is 639. The minimum Gasteiger partial charge on any atom is -0.507 e. The van der Waals surface area contributed by atoms with E-state index >= 15 is 0 Å². The summed E-state index contributed by atoms with van der Waals surface area (Å²) in [6.07, 6.45) is 9.53. The first-order valence-electron chi connectivity index (χ1n) is 8.75. The standard InChI is InChI=1S/C21H28O2/c1-5-6-7-8-15-12-18(22)20-16-11-14(2)9-10-17(16)21(3,4)23-19(20)13-15/h5,11-13,16-17,22H,1,6-10H2,2-4H3/t16-,17-/m1/s1. The molecule has 1 aliphatic heterocycles. The van der Waals surface area contributed by atoms with E-state index in [-0.39, 0.29) is 11.5 Å². The molecule has 1 heterocycles. The van der Waals surface area contributed by atoms with Gasteiger partial charge in [-0.05, 0) is 70.6 Å². The van der Waals surface area contributed by atoms with Gasteiger partial charge in [0, 0.05) is 17.4 Å². The Morgan fingerprint density at radius 2 is 2.17 bits per heavy atom. The van der Waals surface area contributed by atoms with Crippen molar-refractivity contribution >= 4 is 0 Å². The van der Waals surface area contributed by atoms with Gasteiger partial charge in [0.1, 0.15) is 17.1 Å². The number of benzene rings is 1. The van der Waals surface area contributed by atoms with Crippen LogP contribution < -0.4 is 4.74 Å². The van der Waals surface area contributed by atoms with Crippen LogP contribution in [0.1, 0.15) is 63.5 Å². The van der Waals surface area contributed by atoms with E-state index < -0.39 is 0 Å². The second-order valence-electron chi connectivity index (χ2n) is 7.60. The van der Waals surface area contributed by atoms with Gasteiger partial charge in [0.2, 0.25) is 0 Å². The number of aromatic hydroxyl groups is 1. The summed E-state index contributed by atoms with van der Waals surface area (Å²) in [6, 6.07) is 4.06. The van der Waals surface area contributed by atoms with E-state index in [0.29, 0.717) is 11.7 Å². The van der Waals surface area contributed by atoms with Gasteiger partial charge < -0.3 is 9.84 Å². The second kappa shape index (κ2) is 6.07. The summed E-state index contributed by atoms with van der Waals surface area (Å²) in [5.41, 5.74) is 3.36. The molecule has 0 amide bonds. The molecule has 0 radical (unpaired) electrons. The second-order valence-corrected chi connectivity index (χ2v) is 7.60. The number of unbranched alkanes of at least 4 members (excludes halogenated alkanes) is 1. The van der Waals surface area contributed by atoms with Crippen molar-refractivity contribution in [2.24, 2.45) is 5.92 Å². The third-order valence-electron chi connectivity index (χ3n) is 5.40. The molecule has 3 rings (SSSR count). The van der Waals surface area contributed by atoms with Crippen LogP contribution in [0.3, 0.4) is 0 Å². The quantitative estimate of drug-likeness (QED) is 0.586. The lowest BCUT2D eigenvalue weighted by Gasteiger charge is -2.46. The number of aryl methyl sites for hydroxylation is 1. The summed E-state index contributed by atoms with van der Waals surface area (Å²) in [4.78, 5) is 0. The summed E-state index contributed by atoms with van der Waals surface area (Å²) in [6.45, 7) is 10.3. The zero-order valence-corrected chi connectivity index (χ0v) is 14.6. The van der Waals surface area contributed by atoms with Crippen LogP contribution in [-0.4, -0.2) is 10.7 Å². The van der Waals surface area contributed by atoms with Crippen molar-refractivity contribution in [1.82, 2.24) is 0 Å². The first-order chi connectivity index (χ1) is 10.9. The SMILES string of the molecule is C=CCCCc1cc(O)c2c(c1)OC(C)(C)[C@@H]1CCC(C)=C[C@@H]21. The highest BCUT2D eigenvalue weighted by atomic mass is 16.5. The number of rotatable bonds is 4. The van der Waals surface area contributed by atoms with Gasteiger partial charge in [-0.1, -0.05) is 17.7 Å². The summed E-state index contributed by atoms with van der Waals surface area (Å²) < 4.78 is 6.34. The first kappa shape index (κ1) is 16.2. The number of phenolic OH excluding ortho intramolecular Hbond substituents is 1. The Kier molecular flexibility index (Phi) is 4.27. The monoisotopic (exact) mass is 312 g/mol. The lowest BCUT2D eigenvalue weighted by molar-refractivity contribution is 0.0107. The minimum atomic E-state index is -0.193. The lowest BCUT2D eigenvalue weighted by atomic mass is 9.68. The van der Waals surface area contributed by atoms with Gasteiger partial charge in [-0.3, -0.25) is 0 Å². The molecule has 124 valence electrons. The molecule has 0 fully saturated rings. The van der Waals surface area contributed by atoms with Gasteiger partial charge in [-0.15, -0.1) is 6.58 Å². The van der Waals surface area contributed by atoms with Crippen LogP contribution in [0.15, 0.2) is 36.4 Å². The zero-order valence-electron chi connectivity index (χ0n) is 14.6. The largest absolute Gasteiger partial charge is 0.507 e.